The van der Waals surface area contributed by atoms with Crippen molar-refractivity contribution in [2.24, 2.45) is 5.73 Å². The highest BCUT2D eigenvalue weighted by molar-refractivity contribution is 5.84. The molecule has 0 saturated heterocycles. The molecule has 1 aliphatic carbocycles. The monoisotopic (exact) mass is 420 g/mol. The lowest BCUT2D eigenvalue weighted by atomic mass is 9.93. The Hall–Kier alpha value is -2.79. The minimum Gasteiger partial charge on any atom is -0.497 e. The van der Waals surface area contributed by atoms with E-state index in [4.69, 9.17) is 15.2 Å². The van der Waals surface area contributed by atoms with E-state index in [0.717, 1.165) is 71.9 Å². The molecule has 1 saturated carbocycles. The average molecular weight is 421 g/mol. The van der Waals surface area contributed by atoms with Gasteiger partial charge in [0.05, 0.1) is 19.8 Å². The van der Waals surface area contributed by atoms with Crippen LogP contribution in [0.25, 0.3) is 10.8 Å². The predicted molar refractivity (Wildman–Crippen MR) is 125 cm³/mol. The van der Waals surface area contributed by atoms with Crippen molar-refractivity contribution < 1.29 is 9.47 Å². The van der Waals surface area contributed by atoms with Gasteiger partial charge < -0.3 is 19.8 Å². The molecule has 1 aliphatic rings. The van der Waals surface area contributed by atoms with Crippen LogP contribution in [0.5, 0.6) is 11.5 Å². The fraction of sp³-hybridized carbons (Fsp3) is 0.423. The third-order valence-electron chi connectivity index (χ3n) is 6.20. The molecular weight excluding hydrogens is 388 g/mol. The molecule has 31 heavy (non-hydrogen) atoms. The highest BCUT2D eigenvalue weighted by atomic mass is 16.5. The van der Waals surface area contributed by atoms with Crippen molar-refractivity contribution >= 4 is 10.8 Å². The lowest BCUT2D eigenvalue weighted by Gasteiger charge is -2.28. The fourth-order valence-corrected chi connectivity index (χ4v) is 4.37. The van der Waals surface area contributed by atoms with Crippen LogP contribution in [0.3, 0.4) is 0 Å². The highest BCUT2D eigenvalue weighted by Gasteiger charge is 2.21. The second-order valence-corrected chi connectivity index (χ2v) is 8.55. The normalized spacial score (nSPS) is 18.8. The second-order valence-electron chi connectivity index (χ2n) is 8.55. The van der Waals surface area contributed by atoms with E-state index >= 15 is 0 Å². The molecule has 0 spiro atoms. The maximum atomic E-state index is 13.2. The van der Waals surface area contributed by atoms with Gasteiger partial charge in [-0.3, -0.25) is 4.79 Å². The fourth-order valence-electron chi connectivity index (χ4n) is 4.37. The molecule has 0 bridgehead atoms. The zero-order valence-electron chi connectivity index (χ0n) is 18.5. The van der Waals surface area contributed by atoms with E-state index in [-0.39, 0.29) is 11.7 Å². The van der Waals surface area contributed by atoms with Gasteiger partial charge in [0.1, 0.15) is 11.5 Å². The molecule has 0 aliphatic heterocycles. The predicted octanol–water partition coefficient (Wildman–Crippen LogP) is 4.66. The number of aromatic nitrogens is 1. The first-order valence-electron chi connectivity index (χ1n) is 11.3. The Morgan fingerprint density at radius 3 is 2.48 bits per heavy atom. The number of benzene rings is 2. The molecule has 0 amide bonds. The van der Waals surface area contributed by atoms with E-state index < -0.39 is 0 Å². The van der Waals surface area contributed by atoms with Crippen molar-refractivity contribution in [2.45, 2.75) is 64.1 Å². The Labute approximate surface area is 183 Å². The van der Waals surface area contributed by atoms with Crippen molar-refractivity contribution in [3.8, 4) is 11.5 Å². The molecule has 0 radical (unpaired) electrons. The molecule has 1 fully saturated rings. The van der Waals surface area contributed by atoms with Gasteiger partial charge in [-0.2, -0.15) is 0 Å². The number of nitrogens with zero attached hydrogens (tertiary/aromatic N) is 1. The first kappa shape index (κ1) is 21.4. The maximum absolute atomic E-state index is 13.2. The van der Waals surface area contributed by atoms with Gasteiger partial charge in [-0.15, -0.1) is 0 Å². The van der Waals surface area contributed by atoms with Crippen LogP contribution in [0.4, 0.5) is 0 Å². The van der Waals surface area contributed by atoms with Crippen LogP contribution >= 0.6 is 0 Å². The number of hydrogen-bond acceptors (Lipinski definition) is 4. The van der Waals surface area contributed by atoms with Crippen LogP contribution in [0.15, 0.2) is 53.5 Å². The molecule has 0 atom stereocenters. The standard InChI is InChI=1S/C26H32N2O3/c1-3-4-20-15-24-19(16-25(20)31-23-11-7-21(27)8-12-23)13-14-28(26(24)29)17-18-5-9-22(30-2)10-6-18/h5-6,9-10,13-16,21,23H,3-4,7-8,11-12,17,27H2,1-2H3/t21-,23+. The number of rotatable bonds is 7. The summed E-state index contributed by atoms with van der Waals surface area (Å²) in [6.07, 6.45) is 7.99. The second kappa shape index (κ2) is 9.56. The van der Waals surface area contributed by atoms with Crippen molar-refractivity contribution in [1.29, 1.82) is 0 Å². The smallest absolute Gasteiger partial charge is 0.258 e. The summed E-state index contributed by atoms with van der Waals surface area (Å²) in [7, 11) is 1.65. The summed E-state index contributed by atoms with van der Waals surface area (Å²) in [6.45, 7) is 2.68. The number of fused-ring (bicyclic) bond motifs is 1. The average Bonchev–Trinajstić information content (AvgIpc) is 2.79. The number of ether oxygens (including phenoxy) is 2. The largest absolute Gasteiger partial charge is 0.497 e. The zero-order chi connectivity index (χ0) is 21.8. The van der Waals surface area contributed by atoms with E-state index in [0.29, 0.717) is 12.6 Å². The molecule has 5 heteroatoms. The minimum absolute atomic E-state index is 0.0286. The molecule has 2 aromatic carbocycles. The minimum atomic E-state index is 0.0286. The Morgan fingerprint density at radius 1 is 1.06 bits per heavy atom. The molecule has 1 heterocycles. The Balaban J connectivity index is 1.63. The Bertz CT molecular complexity index is 1080. The summed E-state index contributed by atoms with van der Waals surface area (Å²) >= 11 is 0. The van der Waals surface area contributed by atoms with Crippen LogP contribution in [-0.2, 0) is 13.0 Å². The van der Waals surface area contributed by atoms with Crippen molar-refractivity contribution in [3.05, 3.63) is 70.1 Å². The number of hydrogen-bond donors (Lipinski definition) is 1. The van der Waals surface area contributed by atoms with Gasteiger partial charge in [-0.25, -0.2) is 0 Å². The Kier molecular flexibility index (Phi) is 6.62. The zero-order valence-corrected chi connectivity index (χ0v) is 18.5. The van der Waals surface area contributed by atoms with Crippen LogP contribution in [0.1, 0.15) is 50.2 Å². The van der Waals surface area contributed by atoms with E-state index in [2.05, 4.69) is 6.92 Å². The van der Waals surface area contributed by atoms with Gasteiger partial charge in [-0.1, -0.05) is 25.5 Å². The van der Waals surface area contributed by atoms with Gasteiger partial charge in [0.2, 0.25) is 0 Å². The summed E-state index contributed by atoms with van der Waals surface area (Å²) in [6, 6.07) is 14.2. The third kappa shape index (κ3) is 4.93. The molecule has 3 aromatic rings. The molecular formula is C26H32N2O3. The van der Waals surface area contributed by atoms with E-state index in [1.807, 2.05) is 48.7 Å². The van der Waals surface area contributed by atoms with Crippen LogP contribution in [0.2, 0.25) is 0 Å². The molecule has 4 rings (SSSR count). The first-order valence-corrected chi connectivity index (χ1v) is 11.3. The summed E-state index contributed by atoms with van der Waals surface area (Å²) in [5, 5.41) is 1.68. The molecule has 5 nitrogen and oxygen atoms in total. The van der Waals surface area contributed by atoms with Crippen molar-refractivity contribution in [3.63, 3.8) is 0 Å². The van der Waals surface area contributed by atoms with Crippen LogP contribution in [0, 0.1) is 0 Å². The lowest BCUT2D eigenvalue weighted by Crippen LogP contribution is -2.31. The summed E-state index contributed by atoms with van der Waals surface area (Å²) in [4.78, 5) is 13.2. The number of pyridine rings is 1. The van der Waals surface area contributed by atoms with Crippen molar-refractivity contribution in [1.82, 2.24) is 4.57 Å². The number of aryl methyl sites for hydroxylation is 1. The topological polar surface area (TPSA) is 66.5 Å². The Morgan fingerprint density at radius 2 is 1.81 bits per heavy atom. The van der Waals surface area contributed by atoms with E-state index in [9.17, 15) is 4.79 Å². The SMILES string of the molecule is CCCc1cc2c(=O)n(Cc3ccc(OC)cc3)ccc2cc1O[C@H]1CC[C@@H](N)CC1. The third-order valence-corrected chi connectivity index (χ3v) is 6.20. The highest BCUT2D eigenvalue weighted by Crippen LogP contribution is 2.30. The van der Waals surface area contributed by atoms with Gasteiger partial charge in [-0.05, 0) is 78.9 Å². The quantitative estimate of drug-likeness (QED) is 0.604. The van der Waals surface area contributed by atoms with Crippen LogP contribution in [-0.4, -0.2) is 23.8 Å². The summed E-state index contributed by atoms with van der Waals surface area (Å²) < 4.78 is 13.4. The van der Waals surface area contributed by atoms with Gasteiger partial charge >= 0.3 is 0 Å². The summed E-state index contributed by atoms with van der Waals surface area (Å²) in [5.41, 5.74) is 8.25. The molecule has 2 N–H and O–H groups in total. The van der Waals surface area contributed by atoms with E-state index in [1.165, 1.54) is 0 Å². The maximum Gasteiger partial charge on any atom is 0.258 e. The first-order chi connectivity index (χ1) is 15.1. The van der Waals surface area contributed by atoms with Crippen LogP contribution < -0.4 is 20.8 Å². The van der Waals surface area contributed by atoms with Crippen molar-refractivity contribution in [2.75, 3.05) is 7.11 Å². The van der Waals surface area contributed by atoms with Gasteiger partial charge in [0.25, 0.3) is 5.56 Å². The van der Waals surface area contributed by atoms with E-state index in [1.54, 1.807) is 11.7 Å². The van der Waals surface area contributed by atoms with Gasteiger partial charge in [0.15, 0.2) is 0 Å². The van der Waals surface area contributed by atoms with Gasteiger partial charge in [0, 0.05) is 17.6 Å². The lowest BCUT2D eigenvalue weighted by molar-refractivity contribution is 0.146. The molecule has 1 aromatic heterocycles. The molecule has 0 unspecified atom stereocenters. The number of methoxy groups -OCH3 is 1. The summed E-state index contributed by atoms with van der Waals surface area (Å²) in [5.74, 6) is 1.73. The number of nitrogens with two attached hydrogens (primary N) is 1. The molecule has 164 valence electrons.